The van der Waals surface area contributed by atoms with Crippen molar-refractivity contribution < 1.29 is 54.5 Å². The Labute approximate surface area is 257 Å². The number of nitrogens with one attached hydrogen (secondary N) is 1. The van der Waals surface area contributed by atoms with Gasteiger partial charge in [0.1, 0.15) is 17.3 Å². The number of aromatic nitrogens is 2. The number of methoxy groups -OCH3 is 1. The van der Waals surface area contributed by atoms with Crippen LogP contribution in [0.2, 0.25) is 0 Å². The summed E-state index contributed by atoms with van der Waals surface area (Å²) in [6, 6.07) is 9.78. The van der Waals surface area contributed by atoms with Crippen LogP contribution in [0.5, 0.6) is 0 Å². The molecule has 12 heteroatoms. The Morgan fingerprint density at radius 1 is 1.05 bits per heavy atom. The van der Waals surface area contributed by atoms with Crippen molar-refractivity contribution in [3.8, 4) is 22.3 Å². The molecule has 1 aromatic carbocycles. The summed E-state index contributed by atoms with van der Waals surface area (Å²) in [4.78, 5) is 45.6. The summed E-state index contributed by atoms with van der Waals surface area (Å²) in [6.45, 7) is 7.08. The first-order chi connectivity index (χ1) is 18.9. The molecule has 1 N–H and O–H groups in total. The predicted octanol–water partition coefficient (Wildman–Crippen LogP) is 0.990. The second kappa shape index (κ2) is 15.9. The zero-order valence-corrected chi connectivity index (χ0v) is 25.6. The van der Waals surface area contributed by atoms with Crippen LogP contribution in [0, 0.1) is 5.82 Å². The molecule has 1 aliphatic rings. The van der Waals surface area contributed by atoms with Crippen molar-refractivity contribution in [3.05, 3.63) is 60.3 Å². The zero-order chi connectivity index (χ0) is 28.4. The van der Waals surface area contributed by atoms with Crippen molar-refractivity contribution in [2.24, 2.45) is 12.0 Å². The van der Waals surface area contributed by atoms with Gasteiger partial charge >= 0.3 is 41.6 Å². The molecule has 0 saturated carbocycles. The van der Waals surface area contributed by atoms with Crippen molar-refractivity contribution in [2.75, 3.05) is 51.3 Å². The number of halogens is 1. The number of carbonyl (C=O) groups is 2. The average Bonchev–Trinajstić information content (AvgIpc) is 3.27. The van der Waals surface area contributed by atoms with Crippen LogP contribution in [0.25, 0.3) is 22.3 Å². The number of esters is 1. The van der Waals surface area contributed by atoms with Gasteiger partial charge in [-0.2, -0.15) is 0 Å². The molecule has 0 aliphatic carbocycles. The Kier molecular flexibility index (Phi) is 13.0. The molecule has 2 amide bonds. The predicted molar refractivity (Wildman–Crippen MR) is 148 cm³/mol. The third-order valence-electron chi connectivity index (χ3n) is 6.26. The van der Waals surface area contributed by atoms with E-state index in [1.807, 2.05) is 30.7 Å². The number of isocyanates is 1. The maximum Gasteiger partial charge on any atom is 1.00 e. The number of aliphatic imine (C=N–C) groups is 1. The molecule has 4 rings (SSSR count). The van der Waals surface area contributed by atoms with Gasteiger partial charge in [0, 0.05) is 69.8 Å². The van der Waals surface area contributed by atoms with Crippen LogP contribution in [-0.4, -0.2) is 78.9 Å². The van der Waals surface area contributed by atoms with Crippen LogP contribution >= 0.6 is 0 Å². The second-order valence-corrected chi connectivity index (χ2v) is 8.59. The number of piperazine rings is 1. The number of carbonyl (C=O) groups excluding carboxylic acids is 3. The first kappa shape index (κ1) is 32.7. The SMILES string of the molecule is CCN=C=O.CCNC(=O)N1CCN(c2c(-c3ccncc3)c(-c3ccc(F)cc3)c(C(=O)OC)n2C)CC1.[H-].[Na+]. The van der Waals surface area contributed by atoms with Crippen molar-refractivity contribution >= 4 is 23.9 Å². The van der Waals surface area contributed by atoms with Crippen molar-refractivity contribution in [1.29, 1.82) is 0 Å². The number of hydrogen-bond acceptors (Lipinski definition) is 7. The van der Waals surface area contributed by atoms with Gasteiger partial charge in [0.05, 0.1) is 7.11 Å². The van der Waals surface area contributed by atoms with E-state index in [4.69, 9.17) is 9.53 Å². The molecule has 1 saturated heterocycles. The van der Waals surface area contributed by atoms with E-state index in [0.29, 0.717) is 56.1 Å². The maximum atomic E-state index is 13.7. The fraction of sp³-hybridized carbons (Fsp3) is 0.357. The van der Waals surface area contributed by atoms with Gasteiger partial charge in [-0.25, -0.2) is 23.8 Å². The molecule has 1 aliphatic heterocycles. The van der Waals surface area contributed by atoms with E-state index in [9.17, 15) is 14.0 Å². The summed E-state index contributed by atoms with van der Waals surface area (Å²) in [7, 11) is 3.18. The number of benzene rings is 1. The van der Waals surface area contributed by atoms with Crippen LogP contribution in [0.15, 0.2) is 53.8 Å². The summed E-state index contributed by atoms with van der Waals surface area (Å²) >= 11 is 0. The Balaban J connectivity index is 0.00000111. The number of pyridine rings is 1. The monoisotopic (exact) mass is 560 g/mol. The minimum Gasteiger partial charge on any atom is -1.00 e. The molecule has 10 nitrogen and oxygen atoms in total. The third kappa shape index (κ3) is 7.57. The largest absolute Gasteiger partial charge is 1.00 e. The first-order valence-corrected chi connectivity index (χ1v) is 12.7. The molecular formula is C28H34FN6NaO4. The van der Waals surface area contributed by atoms with Gasteiger partial charge in [-0.05, 0) is 49.2 Å². The molecule has 0 radical (unpaired) electrons. The molecule has 0 atom stereocenters. The Morgan fingerprint density at radius 2 is 1.65 bits per heavy atom. The van der Waals surface area contributed by atoms with E-state index in [2.05, 4.69) is 20.2 Å². The number of rotatable bonds is 6. The zero-order valence-electron chi connectivity index (χ0n) is 24.6. The van der Waals surface area contributed by atoms with Crippen LogP contribution in [0.4, 0.5) is 15.0 Å². The summed E-state index contributed by atoms with van der Waals surface area (Å²) < 4.78 is 20.7. The summed E-state index contributed by atoms with van der Waals surface area (Å²) in [5, 5.41) is 2.84. The molecule has 2 aromatic heterocycles. The smallest absolute Gasteiger partial charge is 1.00 e. The molecule has 3 aromatic rings. The topological polar surface area (TPSA) is 109 Å². The van der Waals surface area contributed by atoms with Gasteiger partial charge < -0.3 is 25.8 Å². The minimum atomic E-state index is -0.482. The third-order valence-corrected chi connectivity index (χ3v) is 6.26. The standard InChI is InChI=1S/C25H28FN5O3.C3H5NO.Na.H/c1-4-28-25(33)31-15-13-30(14-16-31)23-21(18-9-11-27-12-10-18)20(17-5-7-19(26)8-6-17)22(29(23)2)24(32)34-3;1-2-4-3-5;;/h5-12H,4,13-16H2,1-3H3,(H,28,33);2H2,1H3;;/q;;+1;-1. The molecule has 0 bridgehead atoms. The van der Waals surface area contributed by atoms with E-state index in [0.717, 1.165) is 16.9 Å². The average molecular weight is 561 g/mol. The molecular weight excluding hydrogens is 526 g/mol. The van der Waals surface area contributed by atoms with E-state index in [1.165, 1.54) is 25.3 Å². The van der Waals surface area contributed by atoms with Crippen LogP contribution in [-0.2, 0) is 16.6 Å². The van der Waals surface area contributed by atoms with Gasteiger partial charge in [0.2, 0.25) is 6.08 Å². The fourth-order valence-corrected chi connectivity index (χ4v) is 4.52. The first-order valence-electron chi connectivity index (χ1n) is 12.7. The molecule has 208 valence electrons. The number of hydrogen-bond donors (Lipinski definition) is 1. The van der Waals surface area contributed by atoms with E-state index in [1.54, 1.807) is 36.4 Å². The molecule has 0 unspecified atom stereocenters. The van der Waals surface area contributed by atoms with Gasteiger partial charge in [-0.15, -0.1) is 0 Å². The number of ether oxygens (including phenoxy) is 1. The minimum absolute atomic E-state index is 0. The Bertz CT molecular complexity index is 1330. The summed E-state index contributed by atoms with van der Waals surface area (Å²) in [5.41, 5.74) is 3.46. The molecule has 1 fully saturated rings. The van der Waals surface area contributed by atoms with Gasteiger partial charge in [-0.3, -0.25) is 4.98 Å². The Hall–Kier alpha value is -3.50. The molecule has 3 heterocycles. The van der Waals surface area contributed by atoms with Gasteiger partial charge in [-0.1, -0.05) is 12.1 Å². The number of urea groups is 1. The Morgan fingerprint density at radius 3 is 2.15 bits per heavy atom. The maximum absolute atomic E-state index is 13.7. The van der Waals surface area contributed by atoms with Gasteiger partial charge in [0.25, 0.3) is 0 Å². The van der Waals surface area contributed by atoms with Crippen LogP contribution in [0.1, 0.15) is 25.8 Å². The van der Waals surface area contributed by atoms with E-state index >= 15 is 0 Å². The number of anilines is 1. The van der Waals surface area contributed by atoms with Crippen molar-refractivity contribution in [2.45, 2.75) is 13.8 Å². The van der Waals surface area contributed by atoms with E-state index in [-0.39, 0.29) is 42.8 Å². The van der Waals surface area contributed by atoms with Crippen molar-refractivity contribution in [3.63, 3.8) is 0 Å². The molecule has 40 heavy (non-hydrogen) atoms. The van der Waals surface area contributed by atoms with Crippen LogP contribution in [0.3, 0.4) is 0 Å². The second-order valence-electron chi connectivity index (χ2n) is 8.59. The fourth-order valence-electron chi connectivity index (χ4n) is 4.52. The van der Waals surface area contributed by atoms with Crippen molar-refractivity contribution in [1.82, 2.24) is 19.8 Å². The number of amides is 2. The summed E-state index contributed by atoms with van der Waals surface area (Å²) in [5.74, 6) is -0.00252. The van der Waals surface area contributed by atoms with Crippen LogP contribution < -0.4 is 39.8 Å². The van der Waals surface area contributed by atoms with E-state index < -0.39 is 5.97 Å². The summed E-state index contributed by atoms with van der Waals surface area (Å²) in [6.07, 6.45) is 4.79. The molecule has 0 spiro atoms. The number of nitrogens with zero attached hydrogens (tertiary/aromatic N) is 5. The quantitative estimate of drug-likeness (QED) is 0.209. The normalized spacial score (nSPS) is 12.3. The van der Waals surface area contributed by atoms with Gasteiger partial charge in [0.15, 0.2) is 0 Å².